The highest BCUT2D eigenvalue weighted by Gasteiger charge is 2.26. The monoisotopic (exact) mass is 243 g/mol. The first-order valence-electron chi connectivity index (χ1n) is 6.61. The molecular weight excluding hydrogens is 222 g/mol. The molecule has 3 heteroatoms. The van der Waals surface area contributed by atoms with Gasteiger partial charge in [0.15, 0.2) is 0 Å². The SMILES string of the molecule is CC1CN(C(C)c2ccc(C#N)cc2)C(C)CN1. The van der Waals surface area contributed by atoms with Crippen LogP contribution in [-0.2, 0) is 0 Å². The number of hydrogen-bond acceptors (Lipinski definition) is 3. The molecule has 1 aromatic rings. The van der Waals surface area contributed by atoms with Crippen LogP contribution in [0.2, 0.25) is 0 Å². The molecule has 0 aromatic heterocycles. The summed E-state index contributed by atoms with van der Waals surface area (Å²) in [5, 5.41) is 12.3. The Morgan fingerprint density at radius 1 is 1.33 bits per heavy atom. The summed E-state index contributed by atoms with van der Waals surface area (Å²) >= 11 is 0. The van der Waals surface area contributed by atoms with Crippen molar-refractivity contribution in [1.29, 1.82) is 5.26 Å². The zero-order chi connectivity index (χ0) is 13.1. The molecule has 0 radical (unpaired) electrons. The number of benzene rings is 1. The lowest BCUT2D eigenvalue weighted by Crippen LogP contribution is -2.54. The Labute approximate surface area is 109 Å². The molecule has 1 aliphatic rings. The van der Waals surface area contributed by atoms with E-state index in [0.717, 1.165) is 18.7 Å². The van der Waals surface area contributed by atoms with E-state index in [9.17, 15) is 0 Å². The van der Waals surface area contributed by atoms with Gasteiger partial charge in [0, 0.05) is 31.2 Å². The Balaban J connectivity index is 2.14. The van der Waals surface area contributed by atoms with Gasteiger partial charge in [-0.2, -0.15) is 5.26 Å². The van der Waals surface area contributed by atoms with Gasteiger partial charge in [-0.1, -0.05) is 12.1 Å². The van der Waals surface area contributed by atoms with Crippen molar-refractivity contribution in [2.75, 3.05) is 13.1 Å². The van der Waals surface area contributed by atoms with Crippen molar-refractivity contribution < 1.29 is 0 Å². The third-order valence-corrected chi connectivity index (χ3v) is 3.83. The number of rotatable bonds is 2. The molecular formula is C15H21N3. The normalized spacial score (nSPS) is 26.6. The van der Waals surface area contributed by atoms with Crippen molar-refractivity contribution >= 4 is 0 Å². The number of piperazine rings is 1. The van der Waals surface area contributed by atoms with Crippen molar-refractivity contribution in [3.05, 3.63) is 35.4 Å². The molecule has 3 atom stereocenters. The molecule has 3 unspecified atom stereocenters. The number of nitrogens with one attached hydrogen (secondary N) is 1. The summed E-state index contributed by atoms with van der Waals surface area (Å²) in [6, 6.07) is 11.6. The number of nitrogens with zero attached hydrogens (tertiary/aromatic N) is 2. The molecule has 0 spiro atoms. The van der Waals surface area contributed by atoms with E-state index < -0.39 is 0 Å². The molecule has 1 aromatic carbocycles. The maximum atomic E-state index is 8.82. The van der Waals surface area contributed by atoms with Crippen molar-refractivity contribution in [3.8, 4) is 6.07 Å². The van der Waals surface area contributed by atoms with Gasteiger partial charge in [0.2, 0.25) is 0 Å². The fourth-order valence-corrected chi connectivity index (χ4v) is 2.62. The Hall–Kier alpha value is -1.37. The van der Waals surface area contributed by atoms with Crippen LogP contribution in [0.25, 0.3) is 0 Å². The predicted molar refractivity (Wildman–Crippen MR) is 73.2 cm³/mol. The molecule has 1 fully saturated rings. The minimum Gasteiger partial charge on any atom is -0.311 e. The first-order valence-corrected chi connectivity index (χ1v) is 6.61. The third-order valence-electron chi connectivity index (χ3n) is 3.83. The van der Waals surface area contributed by atoms with Crippen LogP contribution >= 0.6 is 0 Å². The summed E-state index contributed by atoms with van der Waals surface area (Å²) in [5.41, 5.74) is 2.02. The standard InChI is InChI=1S/C15H21N3/c1-11-10-18(12(2)9-17-11)13(3)15-6-4-14(8-16)5-7-15/h4-7,11-13,17H,9-10H2,1-3H3. The summed E-state index contributed by atoms with van der Waals surface area (Å²) in [5.74, 6) is 0. The molecule has 0 aliphatic carbocycles. The van der Waals surface area contributed by atoms with Gasteiger partial charge in [-0.15, -0.1) is 0 Å². The molecule has 2 rings (SSSR count). The topological polar surface area (TPSA) is 39.1 Å². The van der Waals surface area contributed by atoms with Gasteiger partial charge in [-0.05, 0) is 38.5 Å². The van der Waals surface area contributed by atoms with E-state index in [4.69, 9.17) is 5.26 Å². The minimum absolute atomic E-state index is 0.400. The van der Waals surface area contributed by atoms with Gasteiger partial charge in [0.25, 0.3) is 0 Å². The van der Waals surface area contributed by atoms with Crippen LogP contribution in [0.1, 0.15) is 37.9 Å². The zero-order valence-electron chi connectivity index (χ0n) is 11.4. The van der Waals surface area contributed by atoms with Gasteiger partial charge >= 0.3 is 0 Å². The minimum atomic E-state index is 0.400. The maximum absolute atomic E-state index is 8.82. The molecule has 1 heterocycles. The third kappa shape index (κ3) is 2.72. The van der Waals surface area contributed by atoms with Crippen LogP contribution in [0, 0.1) is 11.3 Å². The first-order chi connectivity index (χ1) is 8.61. The van der Waals surface area contributed by atoms with E-state index >= 15 is 0 Å². The van der Waals surface area contributed by atoms with Gasteiger partial charge in [0.05, 0.1) is 11.6 Å². The molecule has 0 saturated carbocycles. The van der Waals surface area contributed by atoms with E-state index in [2.05, 4.69) is 49.2 Å². The van der Waals surface area contributed by atoms with Crippen molar-refractivity contribution in [3.63, 3.8) is 0 Å². The van der Waals surface area contributed by atoms with Crippen molar-refractivity contribution in [1.82, 2.24) is 10.2 Å². The number of nitriles is 1. The van der Waals surface area contributed by atoms with E-state index in [1.165, 1.54) is 5.56 Å². The smallest absolute Gasteiger partial charge is 0.0991 e. The highest BCUT2D eigenvalue weighted by molar-refractivity contribution is 5.32. The Morgan fingerprint density at radius 3 is 2.61 bits per heavy atom. The lowest BCUT2D eigenvalue weighted by Gasteiger charge is -2.41. The van der Waals surface area contributed by atoms with E-state index in [-0.39, 0.29) is 0 Å². The van der Waals surface area contributed by atoms with Crippen LogP contribution in [0.5, 0.6) is 0 Å². The van der Waals surface area contributed by atoms with Gasteiger partial charge in [-0.3, -0.25) is 4.90 Å². The van der Waals surface area contributed by atoms with Crippen molar-refractivity contribution in [2.24, 2.45) is 0 Å². The Kier molecular flexibility index (Phi) is 4.00. The quantitative estimate of drug-likeness (QED) is 0.866. The first kappa shape index (κ1) is 13.1. The highest BCUT2D eigenvalue weighted by atomic mass is 15.2. The van der Waals surface area contributed by atoms with Gasteiger partial charge in [-0.25, -0.2) is 0 Å². The summed E-state index contributed by atoms with van der Waals surface area (Å²) in [7, 11) is 0. The molecule has 3 nitrogen and oxygen atoms in total. The molecule has 1 aliphatic heterocycles. The molecule has 1 saturated heterocycles. The molecule has 0 amide bonds. The van der Waals surface area contributed by atoms with Crippen LogP contribution in [-0.4, -0.2) is 30.1 Å². The maximum Gasteiger partial charge on any atom is 0.0991 e. The van der Waals surface area contributed by atoms with Gasteiger partial charge < -0.3 is 5.32 Å². The molecule has 96 valence electrons. The predicted octanol–water partition coefficient (Wildman–Crippen LogP) is 2.30. The highest BCUT2D eigenvalue weighted by Crippen LogP contribution is 2.24. The van der Waals surface area contributed by atoms with Crippen LogP contribution in [0.3, 0.4) is 0 Å². The molecule has 1 N–H and O–H groups in total. The van der Waals surface area contributed by atoms with Crippen LogP contribution < -0.4 is 5.32 Å². The average Bonchev–Trinajstić information content (AvgIpc) is 2.41. The fourth-order valence-electron chi connectivity index (χ4n) is 2.62. The van der Waals surface area contributed by atoms with E-state index in [0.29, 0.717) is 18.1 Å². The van der Waals surface area contributed by atoms with Crippen molar-refractivity contribution in [2.45, 2.75) is 38.9 Å². The summed E-state index contributed by atoms with van der Waals surface area (Å²) < 4.78 is 0. The lowest BCUT2D eigenvalue weighted by atomic mass is 10.0. The largest absolute Gasteiger partial charge is 0.311 e. The second kappa shape index (κ2) is 5.51. The second-order valence-electron chi connectivity index (χ2n) is 5.26. The fraction of sp³-hybridized carbons (Fsp3) is 0.533. The van der Waals surface area contributed by atoms with Crippen LogP contribution in [0.15, 0.2) is 24.3 Å². The second-order valence-corrected chi connectivity index (χ2v) is 5.26. The Bertz CT molecular complexity index is 432. The van der Waals surface area contributed by atoms with Gasteiger partial charge in [0.1, 0.15) is 0 Å². The van der Waals surface area contributed by atoms with Crippen LogP contribution in [0.4, 0.5) is 0 Å². The lowest BCUT2D eigenvalue weighted by molar-refractivity contribution is 0.103. The molecule has 0 bridgehead atoms. The summed E-state index contributed by atoms with van der Waals surface area (Å²) in [6.07, 6.45) is 0. The summed E-state index contributed by atoms with van der Waals surface area (Å²) in [4.78, 5) is 2.53. The molecule has 18 heavy (non-hydrogen) atoms. The zero-order valence-corrected chi connectivity index (χ0v) is 11.4. The van der Waals surface area contributed by atoms with E-state index in [1.54, 1.807) is 0 Å². The summed E-state index contributed by atoms with van der Waals surface area (Å²) in [6.45, 7) is 8.85. The van der Waals surface area contributed by atoms with E-state index in [1.807, 2.05) is 12.1 Å². The Morgan fingerprint density at radius 2 is 2.00 bits per heavy atom. The average molecular weight is 243 g/mol. The number of hydrogen-bond donors (Lipinski definition) is 1.